The zero-order valence-electron chi connectivity index (χ0n) is 18.1. The van der Waals surface area contributed by atoms with E-state index in [2.05, 4.69) is 6.92 Å². The molecule has 1 saturated heterocycles. The van der Waals surface area contributed by atoms with Crippen LogP contribution in [-0.4, -0.2) is 23.3 Å². The van der Waals surface area contributed by atoms with Crippen molar-refractivity contribution in [3.05, 3.63) is 83.4 Å². The molecule has 1 fully saturated rings. The molecular weight excluding hydrogens is 454 g/mol. The van der Waals surface area contributed by atoms with Gasteiger partial charge in [0.1, 0.15) is 0 Å². The van der Waals surface area contributed by atoms with Crippen molar-refractivity contribution in [1.82, 2.24) is 4.98 Å². The highest BCUT2D eigenvalue weighted by molar-refractivity contribution is 7.22. The highest BCUT2D eigenvalue weighted by atomic mass is 35.5. The average molecular weight is 476 g/mol. The number of amides is 2. The van der Waals surface area contributed by atoms with Gasteiger partial charge in [0.2, 0.25) is 11.8 Å². The van der Waals surface area contributed by atoms with Crippen LogP contribution in [-0.2, 0) is 16.0 Å². The fourth-order valence-corrected chi connectivity index (χ4v) is 5.30. The SMILES string of the molecule is CCc1ccc(N2C[C@H](C(=O)N(c3cccc(Cl)c3)c3nc4ccccc4s3)CC2=O)cc1. The first-order chi connectivity index (χ1) is 16.0. The second kappa shape index (κ2) is 8.96. The summed E-state index contributed by atoms with van der Waals surface area (Å²) in [6.07, 6.45) is 1.10. The Morgan fingerprint density at radius 3 is 2.64 bits per heavy atom. The Labute approximate surface area is 201 Å². The number of aromatic nitrogens is 1. The maximum Gasteiger partial charge on any atom is 0.238 e. The predicted octanol–water partition coefficient (Wildman–Crippen LogP) is 6.23. The zero-order valence-corrected chi connectivity index (χ0v) is 19.6. The van der Waals surface area contributed by atoms with E-state index >= 15 is 0 Å². The molecule has 1 aliphatic heterocycles. The normalized spacial score (nSPS) is 15.9. The molecule has 166 valence electrons. The maximum atomic E-state index is 13.8. The minimum atomic E-state index is -0.477. The van der Waals surface area contributed by atoms with Crippen molar-refractivity contribution in [1.29, 1.82) is 0 Å². The van der Waals surface area contributed by atoms with Crippen LogP contribution in [0.5, 0.6) is 0 Å². The second-order valence-corrected chi connectivity index (χ2v) is 9.49. The summed E-state index contributed by atoms with van der Waals surface area (Å²) >= 11 is 7.70. The number of carbonyl (C=O) groups is 2. The first kappa shape index (κ1) is 21.6. The minimum Gasteiger partial charge on any atom is -0.312 e. The van der Waals surface area contributed by atoms with E-state index in [9.17, 15) is 9.59 Å². The first-order valence-corrected chi connectivity index (χ1v) is 12.1. The summed E-state index contributed by atoms with van der Waals surface area (Å²) in [6.45, 7) is 2.43. The Morgan fingerprint density at radius 2 is 1.91 bits per heavy atom. The van der Waals surface area contributed by atoms with E-state index in [0.29, 0.717) is 22.4 Å². The average Bonchev–Trinajstić information content (AvgIpc) is 3.43. The Hall–Kier alpha value is -3.22. The van der Waals surface area contributed by atoms with Crippen LogP contribution in [0.25, 0.3) is 10.2 Å². The first-order valence-electron chi connectivity index (χ1n) is 10.9. The Balaban J connectivity index is 1.48. The van der Waals surface area contributed by atoms with Gasteiger partial charge in [0.05, 0.1) is 21.8 Å². The molecule has 5 nitrogen and oxygen atoms in total. The maximum absolute atomic E-state index is 13.8. The number of nitrogens with zero attached hydrogens (tertiary/aromatic N) is 3. The molecule has 7 heteroatoms. The molecule has 3 aromatic carbocycles. The summed E-state index contributed by atoms with van der Waals surface area (Å²) in [6, 6.07) is 22.9. The van der Waals surface area contributed by atoms with Crippen LogP contribution >= 0.6 is 22.9 Å². The molecule has 0 radical (unpaired) electrons. The number of para-hydroxylation sites is 1. The second-order valence-electron chi connectivity index (χ2n) is 8.04. The standard InChI is InChI=1S/C26H22ClN3O2S/c1-2-17-10-12-20(13-11-17)29-16-18(14-24(29)31)25(32)30(21-7-5-6-19(27)15-21)26-28-22-8-3-4-9-23(22)33-26/h3-13,15,18H,2,14,16H2,1H3/t18-/m1/s1. The number of aryl methyl sites for hydroxylation is 1. The molecule has 0 aliphatic carbocycles. The van der Waals surface area contributed by atoms with Crippen LogP contribution in [0.15, 0.2) is 72.8 Å². The highest BCUT2D eigenvalue weighted by Crippen LogP contribution is 2.37. The molecule has 0 saturated carbocycles. The number of hydrogen-bond donors (Lipinski definition) is 0. The van der Waals surface area contributed by atoms with Gasteiger partial charge < -0.3 is 4.90 Å². The number of halogens is 1. The fraction of sp³-hybridized carbons (Fsp3) is 0.192. The van der Waals surface area contributed by atoms with Crippen LogP contribution < -0.4 is 9.80 Å². The number of benzene rings is 3. The molecule has 5 rings (SSSR count). The summed E-state index contributed by atoms with van der Waals surface area (Å²) in [5.41, 5.74) is 3.50. The molecular formula is C26H22ClN3O2S. The third-order valence-electron chi connectivity index (χ3n) is 5.89. The van der Waals surface area contributed by atoms with E-state index in [0.717, 1.165) is 22.3 Å². The molecule has 1 aromatic heterocycles. The summed E-state index contributed by atoms with van der Waals surface area (Å²) < 4.78 is 0.993. The van der Waals surface area contributed by atoms with Gasteiger partial charge in [-0.1, -0.05) is 60.2 Å². The quantitative estimate of drug-likeness (QED) is 0.344. The predicted molar refractivity (Wildman–Crippen MR) is 134 cm³/mol. The van der Waals surface area contributed by atoms with Crippen LogP contribution in [0.4, 0.5) is 16.5 Å². The third-order valence-corrected chi connectivity index (χ3v) is 7.15. The van der Waals surface area contributed by atoms with Crippen LogP contribution in [0, 0.1) is 5.92 Å². The van der Waals surface area contributed by atoms with Gasteiger partial charge >= 0.3 is 0 Å². The van der Waals surface area contributed by atoms with Crippen molar-refractivity contribution in [3.63, 3.8) is 0 Å². The van der Waals surface area contributed by atoms with E-state index in [-0.39, 0.29) is 18.2 Å². The zero-order chi connectivity index (χ0) is 22.9. The van der Waals surface area contributed by atoms with Gasteiger partial charge in [-0.25, -0.2) is 4.98 Å². The molecule has 0 N–H and O–H groups in total. The fourth-order valence-electron chi connectivity index (χ4n) is 4.12. The Morgan fingerprint density at radius 1 is 1.12 bits per heavy atom. The summed E-state index contributed by atoms with van der Waals surface area (Å²) in [5.74, 6) is -0.681. The highest BCUT2D eigenvalue weighted by Gasteiger charge is 2.39. The summed E-state index contributed by atoms with van der Waals surface area (Å²) in [7, 11) is 0. The molecule has 2 amide bonds. The molecule has 0 bridgehead atoms. The molecule has 2 heterocycles. The summed E-state index contributed by atoms with van der Waals surface area (Å²) in [5, 5.41) is 1.10. The lowest BCUT2D eigenvalue weighted by Crippen LogP contribution is -2.34. The molecule has 0 spiro atoms. The number of rotatable bonds is 5. The number of hydrogen-bond acceptors (Lipinski definition) is 4. The Bertz CT molecular complexity index is 1300. The van der Waals surface area contributed by atoms with E-state index in [1.807, 2.05) is 60.7 Å². The molecule has 0 unspecified atom stereocenters. The van der Waals surface area contributed by atoms with Gasteiger partial charge in [-0.3, -0.25) is 14.5 Å². The van der Waals surface area contributed by atoms with Gasteiger partial charge in [-0.15, -0.1) is 0 Å². The number of anilines is 3. The van der Waals surface area contributed by atoms with Gasteiger partial charge in [0.25, 0.3) is 0 Å². The van der Waals surface area contributed by atoms with Crippen LogP contribution in [0.2, 0.25) is 5.02 Å². The summed E-state index contributed by atoms with van der Waals surface area (Å²) in [4.78, 5) is 34.7. The lowest BCUT2D eigenvalue weighted by molar-refractivity contribution is -0.123. The molecule has 33 heavy (non-hydrogen) atoms. The van der Waals surface area contributed by atoms with Crippen molar-refractivity contribution in [3.8, 4) is 0 Å². The number of thiazole rings is 1. The van der Waals surface area contributed by atoms with Crippen molar-refractivity contribution in [2.24, 2.45) is 5.92 Å². The van der Waals surface area contributed by atoms with E-state index in [4.69, 9.17) is 16.6 Å². The van der Waals surface area contributed by atoms with E-state index in [1.54, 1.807) is 21.9 Å². The third kappa shape index (κ3) is 4.24. The van der Waals surface area contributed by atoms with E-state index < -0.39 is 5.92 Å². The molecule has 1 aliphatic rings. The van der Waals surface area contributed by atoms with Gasteiger partial charge in [0, 0.05) is 23.7 Å². The topological polar surface area (TPSA) is 53.5 Å². The monoisotopic (exact) mass is 475 g/mol. The minimum absolute atomic E-state index is 0.0482. The van der Waals surface area contributed by atoms with Gasteiger partial charge in [-0.2, -0.15) is 0 Å². The van der Waals surface area contributed by atoms with Crippen LogP contribution in [0.1, 0.15) is 18.9 Å². The van der Waals surface area contributed by atoms with Crippen molar-refractivity contribution in [2.75, 3.05) is 16.3 Å². The van der Waals surface area contributed by atoms with Crippen LogP contribution in [0.3, 0.4) is 0 Å². The van der Waals surface area contributed by atoms with E-state index in [1.165, 1.54) is 16.9 Å². The number of carbonyl (C=O) groups excluding carboxylic acids is 2. The Kier molecular flexibility index (Phi) is 5.87. The lowest BCUT2D eigenvalue weighted by atomic mass is 10.1. The lowest BCUT2D eigenvalue weighted by Gasteiger charge is -2.23. The largest absolute Gasteiger partial charge is 0.312 e. The van der Waals surface area contributed by atoms with Gasteiger partial charge in [0.15, 0.2) is 5.13 Å². The van der Waals surface area contributed by atoms with Gasteiger partial charge in [-0.05, 0) is 54.4 Å². The van der Waals surface area contributed by atoms with Crippen molar-refractivity contribution < 1.29 is 9.59 Å². The number of fused-ring (bicyclic) bond motifs is 1. The smallest absolute Gasteiger partial charge is 0.238 e. The molecule has 1 atom stereocenters. The van der Waals surface area contributed by atoms with Crippen molar-refractivity contribution >= 4 is 61.5 Å². The molecule has 4 aromatic rings. The van der Waals surface area contributed by atoms with Crippen molar-refractivity contribution in [2.45, 2.75) is 19.8 Å².